The summed E-state index contributed by atoms with van der Waals surface area (Å²) in [5.74, 6) is 0.489. The first-order valence-corrected chi connectivity index (χ1v) is 8.57. The van der Waals surface area contributed by atoms with Crippen molar-refractivity contribution in [1.29, 1.82) is 0 Å². The summed E-state index contributed by atoms with van der Waals surface area (Å²) in [5.41, 5.74) is 2.59. The third kappa shape index (κ3) is 3.67. The quantitative estimate of drug-likeness (QED) is 0.856. The molecule has 0 aliphatic carbocycles. The van der Waals surface area contributed by atoms with Crippen LogP contribution in [0.25, 0.3) is 11.0 Å². The molecule has 1 aliphatic heterocycles. The number of carbonyl (C=O) groups excluding carboxylic acids is 1. The molecule has 0 bridgehead atoms. The van der Waals surface area contributed by atoms with Crippen LogP contribution in [0.5, 0.6) is 0 Å². The minimum absolute atomic E-state index is 0.0974. The molecule has 3 rings (SSSR count). The molecule has 5 heteroatoms. The number of nitrogens with zero attached hydrogens (tertiary/aromatic N) is 1. The van der Waals surface area contributed by atoms with E-state index < -0.39 is 0 Å². The van der Waals surface area contributed by atoms with Gasteiger partial charge in [-0.05, 0) is 48.6 Å². The van der Waals surface area contributed by atoms with Crippen LogP contribution in [-0.4, -0.2) is 30.9 Å². The van der Waals surface area contributed by atoms with Crippen molar-refractivity contribution < 1.29 is 9.21 Å². The number of rotatable bonds is 5. The first kappa shape index (κ1) is 16.7. The minimum Gasteiger partial charge on any atom is -0.423 e. The topological polar surface area (TPSA) is 62.6 Å². The zero-order valence-electron chi connectivity index (χ0n) is 14.3. The average molecular weight is 328 g/mol. The van der Waals surface area contributed by atoms with Gasteiger partial charge in [-0.3, -0.25) is 9.69 Å². The zero-order chi connectivity index (χ0) is 17.1. The standard InChI is InChI=1S/C19H24N2O3/c1-3-13-4-5-17-16(8-13)15(10-19(23)24-17)12-21-7-6-14(11-21)9-18(22)20-2/h4-5,8,10,14H,3,6-7,9,11-12H2,1-2H3,(H,20,22). The molecule has 1 atom stereocenters. The van der Waals surface area contributed by atoms with Gasteiger partial charge in [0.05, 0.1) is 0 Å². The molecule has 1 unspecified atom stereocenters. The van der Waals surface area contributed by atoms with Crippen LogP contribution < -0.4 is 10.9 Å². The van der Waals surface area contributed by atoms with E-state index in [1.165, 1.54) is 5.56 Å². The Kier molecular flexibility index (Phi) is 5.00. The Morgan fingerprint density at radius 3 is 2.96 bits per heavy atom. The molecule has 2 heterocycles. The van der Waals surface area contributed by atoms with Gasteiger partial charge in [0.15, 0.2) is 0 Å². The highest BCUT2D eigenvalue weighted by atomic mass is 16.4. The predicted molar refractivity (Wildman–Crippen MR) is 93.9 cm³/mol. The fourth-order valence-corrected chi connectivity index (χ4v) is 3.45. The van der Waals surface area contributed by atoms with E-state index in [-0.39, 0.29) is 11.5 Å². The summed E-state index contributed by atoms with van der Waals surface area (Å²) in [7, 11) is 1.68. The molecule has 1 aromatic heterocycles. The highest BCUT2D eigenvalue weighted by molar-refractivity contribution is 5.81. The van der Waals surface area contributed by atoms with Crippen molar-refractivity contribution in [2.24, 2.45) is 5.92 Å². The van der Waals surface area contributed by atoms with Gasteiger partial charge in [-0.1, -0.05) is 13.0 Å². The second-order valence-electron chi connectivity index (χ2n) is 6.54. The third-order valence-electron chi connectivity index (χ3n) is 4.82. The molecule has 1 fully saturated rings. The largest absolute Gasteiger partial charge is 0.423 e. The van der Waals surface area contributed by atoms with Crippen molar-refractivity contribution >= 4 is 16.9 Å². The Bertz CT molecular complexity index is 797. The Hall–Kier alpha value is -2.14. The number of likely N-dealkylation sites (tertiary alicyclic amines) is 1. The van der Waals surface area contributed by atoms with Crippen molar-refractivity contribution in [2.75, 3.05) is 20.1 Å². The van der Waals surface area contributed by atoms with Crippen LogP contribution in [0.15, 0.2) is 33.5 Å². The van der Waals surface area contributed by atoms with Crippen LogP contribution in [0.4, 0.5) is 0 Å². The molecular weight excluding hydrogens is 304 g/mol. The fourth-order valence-electron chi connectivity index (χ4n) is 3.45. The van der Waals surface area contributed by atoms with E-state index in [0.717, 1.165) is 43.4 Å². The zero-order valence-corrected chi connectivity index (χ0v) is 14.3. The number of benzene rings is 1. The Morgan fingerprint density at radius 2 is 2.21 bits per heavy atom. The molecule has 0 radical (unpaired) electrons. The van der Waals surface area contributed by atoms with E-state index in [0.29, 0.717) is 17.9 Å². The summed E-state index contributed by atoms with van der Waals surface area (Å²) in [4.78, 5) is 25.7. The SMILES string of the molecule is CCc1ccc2oc(=O)cc(CN3CCC(CC(=O)NC)C3)c2c1. The highest BCUT2D eigenvalue weighted by Crippen LogP contribution is 2.25. The lowest BCUT2D eigenvalue weighted by atomic mass is 10.0. The first-order chi connectivity index (χ1) is 11.6. The van der Waals surface area contributed by atoms with Crippen LogP contribution in [0.1, 0.15) is 30.9 Å². The number of hydrogen-bond donors (Lipinski definition) is 1. The molecule has 1 amide bonds. The number of amides is 1. The number of fused-ring (bicyclic) bond motifs is 1. The Labute approximate surface area is 141 Å². The van der Waals surface area contributed by atoms with Crippen molar-refractivity contribution in [2.45, 2.75) is 32.7 Å². The minimum atomic E-state index is -0.303. The van der Waals surface area contributed by atoms with Gasteiger partial charge in [-0.15, -0.1) is 0 Å². The van der Waals surface area contributed by atoms with E-state index in [1.54, 1.807) is 13.1 Å². The van der Waals surface area contributed by atoms with Crippen molar-refractivity contribution in [3.05, 3.63) is 45.8 Å². The summed E-state index contributed by atoms with van der Waals surface area (Å²) >= 11 is 0. The fraction of sp³-hybridized carbons (Fsp3) is 0.474. The maximum Gasteiger partial charge on any atom is 0.336 e. The van der Waals surface area contributed by atoms with E-state index in [1.807, 2.05) is 12.1 Å². The molecule has 2 aromatic rings. The van der Waals surface area contributed by atoms with Gasteiger partial charge in [-0.2, -0.15) is 0 Å². The molecule has 1 aromatic carbocycles. The summed E-state index contributed by atoms with van der Waals surface area (Å²) in [6.07, 6.45) is 2.55. The third-order valence-corrected chi connectivity index (χ3v) is 4.82. The molecule has 1 N–H and O–H groups in total. The first-order valence-electron chi connectivity index (χ1n) is 8.57. The van der Waals surface area contributed by atoms with E-state index in [9.17, 15) is 9.59 Å². The Balaban J connectivity index is 1.80. The summed E-state index contributed by atoms with van der Waals surface area (Å²) < 4.78 is 5.33. The maximum atomic E-state index is 11.8. The second-order valence-corrected chi connectivity index (χ2v) is 6.54. The van der Waals surface area contributed by atoms with Gasteiger partial charge in [0, 0.05) is 38.0 Å². The van der Waals surface area contributed by atoms with Crippen molar-refractivity contribution in [1.82, 2.24) is 10.2 Å². The van der Waals surface area contributed by atoms with Gasteiger partial charge in [0.25, 0.3) is 0 Å². The maximum absolute atomic E-state index is 11.8. The van der Waals surface area contributed by atoms with Crippen LogP contribution in [0.3, 0.4) is 0 Å². The monoisotopic (exact) mass is 328 g/mol. The predicted octanol–water partition coefficient (Wildman–Crippen LogP) is 2.31. The second kappa shape index (κ2) is 7.18. The van der Waals surface area contributed by atoms with Crippen LogP contribution in [-0.2, 0) is 17.8 Å². The van der Waals surface area contributed by atoms with E-state index in [2.05, 4.69) is 23.2 Å². The van der Waals surface area contributed by atoms with Crippen LogP contribution >= 0.6 is 0 Å². The summed E-state index contributed by atoms with van der Waals surface area (Å²) in [6, 6.07) is 7.61. The lowest BCUT2D eigenvalue weighted by molar-refractivity contribution is -0.121. The molecule has 0 spiro atoms. The normalized spacial score (nSPS) is 18.2. The van der Waals surface area contributed by atoms with Gasteiger partial charge < -0.3 is 9.73 Å². The molecule has 1 saturated heterocycles. The van der Waals surface area contributed by atoms with Gasteiger partial charge >= 0.3 is 5.63 Å². The lowest BCUT2D eigenvalue weighted by Crippen LogP contribution is -2.24. The van der Waals surface area contributed by atoms with Gasteiger partial charge in [-0.25, -0.2) is 4.79 Å². The van der Waals surface area contributed by atoms with Gasteiger partial charge in [0.1, 0.15) is 5.58 Å². The molecule has 1 aliphatic rings. The van der Waals surface area contributed by atoms with E-state index >= 15 is 0 Å². The summed E-state index contributed by atoms with van der Waals surface area (Å²) in [6.45, 7) is 4.68. The smallest absolute Gasteiger partial charge is 0.336 e. The summed E-state index contributed by atoms with van der Waals surface area (Å²) in [5, 5.41) is 3.71. The molecule has 24 heavy (non-hydrogen) atoms. The number of aryl methyl sites for hydroxylation is 1. The molecular formula is C19H24N2O3. The van der Waals surface area contributed by atoms with Crippen molar-refractivity contribution in [3.63, 3.8) is 0 Å². The molecule has 0 saturated carbocycles. The highest BCUT2D eigenvalue weighted by Gasteiger charge is 2.24. The Morgan fingerprint density at radius 1 is 1.38 bits per heavy atom. The number of carbonyl (C=O) groups is 1. The van der Waals surface area contributed by atoms with Crippen LogP contribution in [0.2, 0.25) is 0 Å². The van der Waals surface area contributed by atoms with Crippen LogP contribution in [0, 0.1) is 5.92 Å². The number of hydrogen-bond acceptors (Lipinski definition) is 4. The van der Waals surface area contributed by atoms with Crippen molar-refractivity contribution in [3.8, 4) is 0 Å². The van der Waals surface area contributed by atoms with E-state index in [4.69, 9.17) is 4.42 Å². The lowest BCUT2D eigenvalue weighted by Gasteiger charge is -2.17. The molecule has 5 nitrogen and oxygen atoms in total. The average Bonchev–Trinajstić information content (AvgIpc) is 3.01. The number of nitrogens with one attached hydrogen (secondary N) is 1. The molecule has 128 valence electrons. The van der Waals surface area contributed by atoms with Gasteiger partial charge in [0.2, 0.25) is 5.91 Å².